The van der Waals surface area contributed by atoms with Crippen molar-refractivity contribution in [3.05, 3.63) is 59.7 Å². The molecule has 0 spiro atoms. The standard InChI is InChI=1S/C16H17NO3/c1-12-6-4-5-7-15(12)17(20-3)16(18)13-8-10-14(19-2)11-9-13/h4-11H,1-3H3. The highest BCUT2D eigenvalue weighted by Crippen LogP contribution is 2.22. The van der Waals surface area contributed by atoms with Crippen LogP contribution >= 0.6 is 0 Å². The first kappa shape index (κ1) is 14.1. The number of aryl methyl sites for hydroxylation is 1. The van der Waals surface area contributed by atoms with E-state index in [0.29, 0.717) is 11.3 Å². The number of benzene rings is 2. The molecule has 20 heavy (non-hydrogen) atoms. The maximum atomic E-state index is 12.5. The Hall–Kier alpha value is -2.33. The third kappa shape index (κ3) is 2.81. The molecule has 0 atom stereocenters. The van der Waals surface area contributed by atoms with Crippen molar-refractivity contribution in [3.8, 4) is 5.75 Å². The molecule has 2 aromatic carbocycles. The number of carbonyl (C=O) groups excluding carboxylic acids is 1. The molecule has 0 fully saturated rings. The van der Waals surface area contributed by atoms with E-state index in [1.54, 1.807) is 31.4 Å². The summed E-state index contributed by atoms with van der Waals surface area (Å²) in [5.74, 6) is 0.492. The molecule has 2 aromatic rings. The molecule has 0 saturated carbocycles. The largest absolute Gasteiger partial charge is 0.497 e. The molecule has 0 aliphatic heterocycles. The molecule has 0 aliphatic rings. The second-order valence-electron chi connectivity index (χ2n) is 4.30. The maximum Gasteiger partial charge on any atom is 0.282 e. The van der Waals surface area contributed by atoms with Crippen molar-refractivity contribution in [2.75, 3.05) is 19.3 Å². The SMILES string of the molecule is COc1ccc(C(=O)N(OC)c2ccccc2C)cc1. The second-order valence-corrected chi connectivity index (χ2v) is 4.30. The van der Waals surface area contributed by atoms with Gasteiger partial charge in [-0.05, 0) is 42.8 Å². The minimum absolute atomic E-state index is 0.218. The molecule has 0 heterocycles. The predicted molar refractivity (Wildman–Crippen MR) is 78.0 cm³/mol. The molecule has 4 nitrogen and oxygen atoms in total. The summed E-state index contributed by atoms with van der Waals surface area (Å²) < 4.78 is 5.08. The Bertz CT molecular complexity index is 593. The Kier molecular flexibility index (Phi) is 4.38. The van der Waals surface area contributed by atoms with Gasteiger partial charge in [-0.25, -0.2) is 0 Å². The van der Waals surface area contributed by atoms with Crippen molar-refractivity contribution in [1.82, 2.24) is 0 Å². The van der Waals surface area contributed by atoms with Gasteiger partial charge in [0.05, 0.1) is 19.9 Å². The summed E-state index contributed by atoms with van der Waals surface area (Å²) in [6.07, 6.45) is 0. The van der Waals surface area contributed by atoms with Crippen LogP contribution in [0, 0.1) is 6.92 Å². The van der Waals surface area contributed by atoms with E-state index in [9.17, 15) is 4.79 Å². The van der Waals surface area contributed by atoms with Gasteiger partial charge in [0.15, 0.2) is 0 Å². The summed E-state index contributed by atoms with van der Waals surface area (Å²) in [4.78, 5) is 17.7. The zero-order valence-corrected chi connectivity index (χ0v) is 11.8. The van der Waals surface area contributed by atoms with Crippen LogP contribution in [-0.2, 0) is 4.84 Å². The number of ether oxygens (including phenoxy) is 1. The molecule has 0 bridgehead atoms. The van der Waals surface area contributed by atoms with Crippen molar-refractivity contribution in [2.24, 2.45) is 0 Å². The maximum absolute atomic E-state index is 12.5. The van der Waals surface area contributed by atoms with E-state index in [1.165, 1.54) is 12.2 Å². The van der Waals surface area contributed by atoms with E-state index in [2.05, 4.69) is 0 Å². The summed E-state index contributed by atoms with van der Waals surface area (Å²) in [7, 11) is 3.07. The normalized spacial score (nSPS) is 10.2. The monoisotopic (exact) mass is 271 g/mol. The van der Waals surface area contributed by atoms with Crippen LogP contribution in [-0.4, -0.2) is 20.1 Å². The van der Waals surface area contributed by atoms with E-state index in [4.69, 9.17) is 9.57 Å². The Labute approximate surface area is 118 Å². The highest BCUT2D eigenvalue weighted by Gasteiger charge is 2.19. The zero-order valence-electron chi connectivity index (χ0n) is 11.8. The van der Waals surface area contributed by atoms with Crippen molar-refractivity contribution in [1.29, 1.82) is 0 Å². The first-order valence-electron chi connectivity index (χ1n) is 6.25. The Morgan fingerprint density at radius 2 is 1.65 bits per heavy atom. The Balaban J connectivity index is 2.31. The molecular weight excluding hydrogens is 254 g/mol. The topological polar surface area (TPSA) is 38.8 Å². The van der Waals surface area contributed by atoms with Crippen molar-refractivity contribution in [2.45, 2.75) is 6.92 Å². The number of hydrogen-bond donors (Lipinski definition) is 0. The van der Waals surface area contributed by atoms with Gasteiger partial charge in [-0.1, -0.05) is 18.2 Å². The number of methoxy groups -OCH3 is 1. The highest BCUT2D eigenvalue weighted by molar-refractivity contribution is 6.05. The molecule has 104 valence electrons. The zero-order chi connectivity index (χ0) is 14.5. The molecule has 0 aliphatic carbocycles. The lowest BCUT2D eigenvalue weighted by Gasteiger charge is -2.21. The average Bonchev–Trinajstić information content (AvgIpc) is 2.50. The van der Waals surface area contributed by atoms with Crippen LogP contribution in [0.15, 0.2) is 48.5 Å². The molecule has 0 radical (unpaired) electrons. The Morgan fingerprint density at radius 1 is 1.00 bits per heavy atom. The summed E-state index contributed by atoms with van der Waals surface area (Å²) >= 11 is 0. The first-order chi connectivity index (χ1) is 9.67. The third-order valence-electron chi connectivity index (χ3n) is 3.04. The van der Waals surface area contributed by atoms with Gasteiger partial charge >= 0.3 is 0 Å². The number of hydroxylamine groups is 1. The number of hydrogen-bond acceptors (Lipinski definition) is 3. The lowest BCUT2D eigenvalue weighted by molar-refractivity contribution is 0.0772. The summed E-state index contributed by atoms with van der Waals surface area (Å²) in [5.41, 5.74) is 2.24. The predicted octanol–water partition coefficient (Wildman–Crippen LogP) is 3.21. The molecule has 1 amide bonds. The number of carbonyl (C=O) groups is 1. The molecule has 0 saturated heterocycles. The van der Waals surface area contributed by atoms with Gasteiger partial charge in [0.25, 0.3) is 5.91 Å². The first-order valence-corrected chi connectivity index (χ1v) is 6.25. The van der Waals surface area contributed by atoms with Crippen LogP contribution in [0.5, 0.6) is 5.75 Å². The van der Waals surface area contributed by atoms with E-state index in [-0.39, 0.29) is 5.91 Å². The molecule has 4 heteroatoms. The lowest BCUT2D eigenvalue weighted by atomic mass is 10.1. The fraction of sp³-hybridized carbons (Fsp3) is 0.188. The van der Waals surface area contributed by atoms with E-state index in [0.717, 1.165) is 11.3 Å². The van der Waals surface area contributed by atoms with Crippen LogP contribution in [0.3, 0.4) is 0 Å². The van der Waals surface area contributed by atoms with Crippen LogP contribution in [0.4, 0.5) is 5.69 Å². The Morgan fingerprint density at radius 3 is 2.20 bits per heavy atom. The van der Waals surface area contributed by atoms with E-state index in [1.807, 2.05) is 31.2 Å². The summed E-state index contributed by atoms with van der Waals surface area (Å²) in [6.45, 7) is 1.93. The summed E-state index contributed by atoms with van der Waals surface area (Å²) in [5, 5.41) is 1.29. The van der Waals surface area contributed by atoms with Crippen LogP contribution in [0.2, 0.25) is 0 Å². The number of anilines is 1. The van der Waals surface area contributed by atoms with Gasteiger partial charge in [-0.3, -0.25) is 9.63 Å². The van der Waals surface area contributed by atoms with Crippen LogP contribution < -0.4 is 9.80 Å². The van der Waals surface area contributed by atoms with Gasteiger partial charge < -0.3 is 4.74 Å². The van der Waals surface area contributed by atoms with E-state index < -0.39 is 0 Å². The minimum atomic E-state index is -0.218. The van der Waals surface area contributed by atoms with Crippen molar-refractivity contribution >= 4 is 11.6 Å². The number of para-hydroxylation sites is 1. The molecule has 2 rings (SSSR count). The van der Waals surface area contributed by atoms with Gasteiger partial charge in [0.1, 0.15) is 5.75 Å². The number of nitrogens with zero attached hydrogens (tertiary/aromatic N) is 1. The molecular formula is C16H17NO3. The fourth-order valence-electron chi connectivity index (χ4n) is 1.93. The third-order valence-corrected chi connectivity index (χ3v) is 3.04. The van der Waals surface area contributed by atoms with E-state index >= 15 is 0 Å². The van der Waals surface area contributed by atoms with Gasteiger partial charge in [-0.15, -0.1) is 0 Å². The highest BCUT2D eigenvalue weighted by atomic mass is 16.7. The molecule has 0 N–H and O–H groups in total. The minimum Gasteiger partial charge on any atom is -0.497 e. The smallest absolute Gasteiger partial charge is 0.282 e. The van der Waals surface area contributed by atoms with Crippen molar-refractivity contribution < 1.29 is 14.4 Å². The quantitative estimate of drug-likeness (QED) is 0.801. The van der Waals surface area contributed by atoms with Gasteiger partial charge in [0, 0.05) is 5.56 Å². The van der Waals surface area contributed by atoms with Crippen molar-refractivity contribution in [3.63, 3.8) is 0 Å². The lowest BCUT2D eigenvalue weighted by Crippen LogP contribution is -2.30. The van der Waals surface area contributed by atoms with Gasteiger partial charge in [-0.2, -0.15) is 5.06 Å². The van der Waals surface area contributed by atoms with Gasteiger partial charge in [0.2, 0.25) is 0 Å². The summed E-state index contributed by atoms with van der Waals surface area (Å²) in [6, 6.07) is 14.5. The van der Waals surface area contributed by atoms with Crippen LogP contribution in [0.1, 0.15) is 15.9 Å². The molecule has 0 aromatic heterocycles. The van der Waals surface area contributed by atoms with Crippen LogP contribution in [0.25, 0.3) is 0 Å². The average molecular weight is 271 g/mol. The fourth-order valence-corrected chi connectivity index (χ4v) is 1.93. The number of amides is 1. The number of rotatable bonds is 4. The molecule has 0 unspecified atom stereocenters. The second kappa shape index (κ2) is 6.21.